The topological polar surface area (TPSA) is 91.3 Å². The van der Waals surface area contributed by atoms with E-state index in [9.17, 15) is 21.6 Å². The minimum atomic E-state index is -4.46. The maximum absolute atomic E-state index is 12.8. The smallest absolute Gasteiger partial charge is 0.354 e. The zero-order valence-corrected chi connectivity index (χ0v) is 19.1. The Labute approximate surface area is 195 Å². The number of alkyl halides is 3. The molecule has 0 unspecified atom stereocenters. The summed E-state index contributed by atoms with van der Waals surface area (Å²) in [5.41, 5.74) is 0.561. The highest BCUT2D eigenvalue weighted by atomic mass is 32.2. The van der Waals surface area contributed by atoms with Gasteiger partial charge in [0.2, 0.25) is 10.0 Å². The second-order valence-electron chi connectivity index (χ2n) is 7.94. The summed E-state index contributed by atoms with van der Waals surface area (Å²) in [7, 11) is -3.67. The molecule has 0 atom stereocenters. The lowest BCUT2D eigenvalue weighted by molar-refractivity contribution is -0.137. The molecule has 1 fully saturated rings. The van der Waals surface area contributed by atoms with Crippen LogP contribution in [0.5, 0.6) is 0 Å². The molecule has 3 heterocycles. The molecule has 8 nitrogen and oxygen atoms in total. The van der Waals surface area contributed by atoms with E-state index >= 15 is 0 Å². The van der Waals surface area contributed by atoms with Crippen molar-refractivity contribution in [1.29, 1.82) is 0 Å². The molecule has 0 bridgehead atoms. The molecule has 12 heteroatoms. The number of pyridine rings is 1. The van der Waals surface area contributed by atoms with Gasteiger partial charge in [-0.2, -0.15) is 17.5 Å². The van der Waals surface area contributed by atoms with Crippen molar-refractivity contribution in [3.05, 3.63) is 71.7 Å². The van der Waals surface area contributed by atoms with Gasteiger partial charge in [-0.3, -0.25) is 0 Å². The lowest BCUT2D eigenvalue weighted by Crippen LogP contribution is -2.49. The lowest BCUT2D eigenvalue weighted by Gasteiger charge is -2.34. The maximum Gasteiger partial charge on any atom is 0.416 e. The predicted molar refractivity (Wildman–Crippen MR) is 122 cm³/mol. The molecule has 3 aromatic rings. The summed E-state index contributed by atoms with van der Waals surface area (Å²) in [6.07, 6.45) is -1.33. The van der Waals surface area contributed by atoms with E-state index in [0.29, 0.717) is 36.1 Å². The van der Waals surface area contributed by atoms with Gasteiger partial charge >= 0.3 is 6.18 Å². The van der Waals surface area contributed by atoms with Crippen LogP contribution in [0.1, 0.15) is 16.7 Å². The molecule has 34 heavy (non-hydrogen) atoms. The molecule has 1 saturated heterocycles. The third-order valence-corrected chi connectivity index (χ3v) is 7.26. The highest BCUT2D eigenvalue weighted by Gasteiger charge is 2.31. The largest absolute Gasteiger partial charge is 0.416 e. The minimum Gasteiger partial charge on any atom is -0.354 e. The fourth-order valence-electron chi connectivity index (χ4n) is 3.61. The second-order valence-corrected chi connectivity index (χ2v) is 9.91. The standard InChI is InChI=1S/C22H23F3N6O2S/c1-16-6-7-26-19(12-16)29-20-13-21(28-15-27-20)30-8-10-31(11-9-30)34(32,33)14-17-2-4-18(5-3-17)22(23,24)25/h2-7,12-13,15H,8-11,14H2,1H3,(H,26,27,28,29). The predicted octanol–water partition coefficient (Wildman–Crippen LogP) is 3.59. The number of aromatic nitrogens is 3. The van der Waals surface area contributed by atoms with Crippen LogP contribution >= 0.6 is 0 Å². The van der Waals surface area contributed by atoms with E-state index in [2.05, 4.69) is 20.3 Å². The summed E-state index contributed by atoms with van der Waals surface area (Å²) in [5, 5.41) is 3.13. The number of benzene rings is 1. The molecule has 0 saturated carbocycles. The number of rotatable bonds is 6. The summed E-state index contributed by atoms with van der Waals surface area (Å²) in [4.78, 5) is 14.7. The van der Waals surface area contributed by atoms with Gasteiger partial charge in [0.15, 0.2) is 0 Å². The van der Waals surface area contributed by atoms with Gasteiger partial charge in [0, 0.05) is 38.4 Å². The molecule has 1 aromatic carbocycles. The van der Waals surface area contributed by atoms with E-state index in [-0.39, 0.29) is 18.8 Å². The minimum absolute atomic E-state index is 0.245. The Morgan fingerprint density at radius 3 is 2.26 bits per heavy atom. The number of hydrogen-bond donors (Lipinski definition) is 1. The van der Waals surface area contributed by atoms with Gasteiger partial charge in [-0.05, 0) is 42.3 Å². The average Bonchev–Trinajstić information content (AvgIpc) is 2.79. The fourth-order valence-corrected chi connectivity index (χ4v) is 5.13. The van der Waals surface area contributed by atoms with Crippen LogP contribution in [0.15, 0.2) is 55.0 Å². The van der Waals surface area contributed by atoms with Crippen molar-refractivity contribution in [2.24, 2.45) is 0 Å². The normalized spacial score (nSPS) is 15.4. The number of anilines is 3. The van der Waals surface area contributed by atoms with Crippen molar-refractivity contribution in [1.82, 2.24) is 19.3 Å². The van der Waals surface area contributed by atoms with Crippen molar-refractivity contribution in [2.45, 2.75) is 18.9 Å². The van der Waals surface area contributed by atoms with Crippen LogP contribution in [-0.2, 0) is 22.0 Å². The van der Waals surface area contributed by atoms with Gasteiger partial charge in [-0.25, -0.2) is 23.4 Å². The first-order chi connectivity index (χ1) is 16.1. The SMILES string of the molecule is Cc1ccnc(Nc2cc(N3CCN(S(=O)(=O)Cc4ccc(C(F)(F)F)cc4)CC3)ncn2)c1. The van der Waals surface area contributed by atoms with E-state index in [1.165, 1.54) is 22.8 Å². The molecule has 180 valence electrons. The van der Waals surface area contributed by atoms with Gasteiger partial charge in [0.05, 0.1) is 11.3 Å². The molecular formula is C22H23F3N6O2S. The van der Waals surface area contributed by atoms with Crippen LogP contribution in [-0.4, -0.2) is 53.9 Å². The van der Waals surface area contributed by atoms with E-state index in [1.807, 2.05) is 24.0 Å². The van der Waals surface area contributed by atoms with Gasteiger partial charge in [-0.1, -0.05) is 12.1 Å². The number of nitrogens with zero attached hydrogens (tertiary/aromatic N) is 5. The van der Waals surface area contributed by atoms with Gasteiger partial charge in [0.1, 0.15) is 23.8 Å². The van der Waals surface area contributed by atoms with E-state index in [0.717, 1.165) is 17.7 Å². The highest BCUT2D eigenvalue weighted by molar-refractivity contribution is 7.88. The Kier molecular flexibility index (Phi) is 6.71. The van der Waals surface area contributed by atoms with Crippen molar-refractivity contribution in [3.8, 4) is 0 Å². The van der Waals surface area contributed by atoms with Gasteiger partial charge in [-0.15, -0.1) is 0 Å². The summed E-state index contributed by atoms with van der Waals surface area (Å²) in [6, 6.07) is 9.76. The fraction of sp³-hybridized carbons (Fsp3) is 0.318. The highest BCUT2D eigenvalue weighted by Crippen LogP contribution is 2.29. The molecule has 2 aromatic heterocycles. The summed E-state index contributed by atoms with van der Waals surface area (Å²) >= 11 is 0. The Balaban J connectivity index is 1.37. The quantitative estimate of drug-likeness (QED) is 0.562. The molecule has 0 spiro atoms. The Bertz CT molecular complexity index is 1240. The van der Waals surface area contributed by atoms with Crippen molar-refractivity contribution in [3.63, 3.8) is 0 Å². The molecule has 1 N–H and O–H groups in total. The van der Waals surface area contributed by atoms with Crippen LogP contribution in [0.25, 0.3) is 0 Å². The first-order valence-corrected chi connectivity index (χ1v) is 12.1. The Hall–Kier alpha value is -3.25. The number of sulfonamides is 1. The first-order valence-electron chi connectivity index (χ1n) is 10.5. The molecule has 0 amide bonds. The van der Waals surface area contributed by atoms with Crippen LogP contribution < -0.4 is 10.2 Å². The average molecular weight is 493 g/mol. The molecule has 0 radical (unpaired) electrons. The molecule has 1 aliphatic heterocycles. The van der Waals surface area contributed by atoms with Crippen molar-refractivity contribution >= 4 is 27.5 Å². The van der Waals surface area contributed by atoms with Crippen LogP contribution in [0.3, 0.4) is 0 Å². The zero-order valence-electron chi connectivity index (χ0n) is 18.3. The Morgan fingerprint density at radius 2 is 1.62 bits per heavy atom. The van der Waals surface area contributed by atoms with E-state index in [1.54, 1.807) is 12.3 Å². The molecule has 0 aliphatic carbocycles. The molecule has 1 aliphatic rings. The van der Waals surface area contributed by atoms with Crippen LogP contribution in [0.4, 0.5) is 30.6 Å². The monoisotopic (exact) mass is 492 g/mol. The lowest BCUT2D eigenvalue weighted by atomic mass is 10.1. The first kappa shape index (κ1) is 23.9. The van der Waals surface area contributed by atoms with Crippen molar-refractivity contribution < 1.29 is 21.6 Å². The third-order valence-electron chi connectivity index (χ3n) is 5.41. The number of halogens is 3. The van der Waals surface area contributed by atoms with Gasteiger partial charge < -0.3 is 10.2 Å². The number of hydrogen-bond acceptors (Lipinski definition) is 7. The van der Waals surface area contributed by atoms with Gasteiger partial charge in [0.25, 0.3) is 0 Å². The third kappa shape index (κ3) is 5.81. The molecule has 4 rings (SSSR count). The molecular weight excluding hydrogens is 469 g/mol. The second kappa shape index (κ2) is 9.55. The number of nitrogens with one attached hydrogen (secondary N) is 1. The summed E-state index contributed by atoms with van der Waals surface area (Å²) < 4.78 is 65.2. The number of aryl methyl sites for hydroxylation is 1. The summed E-state index contributed by atoms with van der Waals surface area (Å²) in [5.74, 6) is 1.53. The van der Waals surface area contributed by atoms with E-state index < -0.39 is 21.8 Å². The van der Waals surface area contributed by atoms with E-state index in [4.69, 9.17) is 0 Å². The zero-order chi connectivity index (χ0) is 24.3. The van der Waals surface area contributed by atoms with Crippen LogP contribution in [0, 0.1) is 6.92 Å². The summed E-state index contributed by atoms with van der Waals surface area (Å²) in [6.45, 7) is 3.30. The van der Waals surface area contributed by atoms with Crippen LogP contribution in [0.2, 0.25) is 0 Å². The maximum atomic E-state index is 12.8. The van der Waals surface area contributed by atoms with Crippen molar-refractivity contribution in [2.75, 3.05) is 36.4 Å². The number of piperazine rings is 1. The Morgan fingerprint density at radius 1 is 0.941 bits per heavy atom.